The molecule has 29 heavy (non-hydrogen) atoms. The molecule has 0 amide bonds. The molecule has 4 aromatic rings. The molecule has 0 aliphatic rings. The Morgan fingerprint density at radius 2 is 1.59 bits per heavy atom. The van der Waals surface area contributed by atoms with E-state index >= 15 is 0 Å². The zero-order valence-electron chi connectivity index (χ0n) is 15.9. The lowest BCUT2D eigenvalue weighted by molar-refractivity contribution is -0.0534. The lowest BCUT2D eigenvalue weighted by atomic mass is 10.0. The molecule has 0 aliphatic carbocycles. The van der Waals surface area contributed by atoms with E-state index in [4.69, 9.17) is 10.2 Å². The fraction of sp³-hybridized carbons (Fsp3) is 0.190. The highest BCUT2D eigenvalue weighted by molar-refractivity contribution is 5.81. The van der Waals surface area contributed by atoms with Crippen molar-refractivity contribution in [3.63, 3.8) is 0 Å². The van der Waals surface area contributed by atoms with Gasteiger partial charge < -0.3 is 14.8 Å². The minimum absolute atomic E-state index is 0.0464. The number of aryl methyl sites for hydroxylation is 1. The molecule has 8 nitrogen and oxygen atoms in total. The van der Waals surface area contributed by atoms with Crippen LogP contribution >= 0.6 is 0 Å². The molecule has 0 aliphatic heterocycles. The van der Waals surface area contributed by atoms with Crippen LogP contribution < -0.4 is 5.56 Å². The van der Waals surface area contributed by atoms with Gasteiger partial charge in [-0.2, -0.15) is 10.2 Å². The third-order valence-corrected chi connectivity index (χ3v) is 4.65. The van der Waals surface area contributed by atoms with Crippen molar-refractivity contribution in [2.45, 2.75) is 19.4 Å². The van der Waals surface area contributed by atoms with Gasteiger partial charge in [0.05, 0.1) is 25.5 Å². The number of benzene rings is 1. The summed E-state index contributed by atoms with van der Waals surface area (Å²) in [7, 11) is 1.70. The molecule has 0 spiro atoms. The average Bonchev–Trinajstić information content (AvgIpc) is 3.34. The number of hydrogen-bond donors (Lipinski definition) is 2. The first kappa shape index (κ1) is 18.9. The zero-order chi connectivity index (χ0) is 20.4. The molecule has 0 unspecified atom stereocenters. The van der Waals surface area contributed by atoms with Crippen LogP contribution in [-0.4, -0.2) is 40.6 Å². The fourth-order valence-electron chi connectivity index (χ4n) is 3.23. The van der Waals surface area contributed by atoms with Crippen LogP contribution in [0.2, 0.25) is 0 Å². The molecule has 2 N–H and O–H groups in total. The molecule has 0 atom stereocenters. The molecule has 148 valence electrons. The van der Waals surface area contributed by atoms with E-state index in [1.165, 1.54) is 9.25 Å². The van der Waals surface area contributed by atoms with Crippen LogP contribution in [0.15, 0.2) is 72.2 Å². The van der Waals surface area contributed by atoms with Gasteiger partial charge in [-0.05, 0) is 11.1 Å². The summed E-state index contributed by atoms with van der Waals surface area (Å²) in [6.07, 6.45) is 7.29. The zero-order valence-corrected chi connectivity index (χ0v) is 15.9. The van der Waals surface area contributed by atoms with Gasteiger partial charge >= 0.3 is 0 Å². The number of aliphatic hydroxyl groups is 2. The van der Waals surface area contributed by atoms with Crippen molar-refractivity contribution in [3.05, 3.63) is 83.3 Å². The highest BCUT2D eigenvalue weighted by atomic mass is 16.5. The number of rotatable bonds is 6. The molecule has 3 aromatic heterocycles. The van der Waals surface area contributed by atoms with E-state index in [1.54, 1.807) is 37.9 Å². The van der Waals surface area contributed by atoms with E-state index in [2.05, 4.69) is 10.2 Å². The van der Waals surface area contributed by atoms with Crippen LogP contribution in [-0.2, 0) is 20.1 Å². The van der Waals surface area contributed by atoms with Crippen LogP contribution in [0.5, 0.6) is 0 Å². The minimum Gasteiger partial charge on any atom is -0.367 e. The predicted octanol–water partition coefficient (Wildman–Crippen LogP) is 1.47. The van der Waals surface area contributed by atoms with Crippen LogP contribution in [0.1, 0.15) is 5.56 Å². The van der Waals surface area contributed by atoms with Crippen molar-refractivity contribution in [2.24, 2.45) is 7.05 Å². The molecule has 0 radical (unpaired) electrons. The smallest absolute Gasteiger partial charge is 0.250 e. The number of aromatic nitrogens is 5. The second kappa shape index (κ2) is 7.86. The van der Waals surface area contributed by atoms with Crippen LogP contribution in [0.25, 0.3) is 22.3 Å². The summed E-state index contributed by atoms with van der Waals surface area (Å²) >= 11 is 0. The second-order valence-corrected chi connectivity index (χ2v) is 6.89. The molecule has 3 heterocycles. The van der Waals surface area contributed by atoms with Crippen LogP contribution in [0, 0.1) is 0 Å². The van der Waals surface area contributed by atoms with Gasteiger partial charge in [0.2, 0.25) is 0 Å². The van der Waals surface area contributed by atoms with Gasteiger partial charge in [-0.25, -0.2) is 0 Å². The van der Waals surface area contributed by atoms with Crippen molar-refractivity contribution < 1.29 is 10.2 Å². The van der Waals surface area contributed by atoms with E-state index < -0.39 is 6.29 Å². The maximum atomic E-state index is 12.3. The van der Waals surface area contributed by atoms with Gasteiger partial charge in [-0.15, -0.1) is 0 Å². The Morgan fingerprint density at radius 1 is 0.931 bits per heavy atom. The van der Waals surface area contributed by atoms with E-state index in [0.717, 1.165) is 16.7 Å². The Kier molecular flexibility index (Phi) is 5.11. The van der Waals surface area contributed by atoms with Crippen molar-refractivity contribution in [1.82, 2.24) is 24.1 Å². The van der Waals surface area contributed by atoms with E-state index in [9.17, 15) is 4.79 Å². The van der Waals surface area contributed by atoms with Crippen LogP contribution in [0.3, 0.4) is 0 Å². The molecule has 0 fully saturated rings. The summed E-state index contributed by atoms with van der Waals surface area (Å²) in [6, 6.07) is 11.6. The molecule has 8 heteroatoms. The van der Waals surface area contributed by atoms with Crippen molar-refractivity contribution in [3.8, 4) is 22.3 Å². The lowest BCUT2D eigenvalue weighted by Crippen LogP contribution is -2.15. The average molecular weight is 391 g/mol. The molecule has 1 aromatic carbocycles. The van der Waals surface area contributed by atoms with Crippen molar-refractivity contribution >= 4 is 0 Å². The van der Waals surface area contributed by atoms with E-state index in [1.807, 2.05) is 41.2 Å². The Labute approximate surface area is 166 Å². The standard InChI is InChI=1S/C21H21N5O3/c1-24-13-19(17-9-22-25(12-17)10-15-5-3-2-4-6-15)18(7-20(24)27)16-8-23-26(11-16)14-21(28)29/h2-9,11-13,21,28-29H,10,14H2,1H3. The van der Waals surface area contributed by atoms with Gasteiger partial charge in [0, 0.05) is 48.4 Å². The quantitative estimate of drug-likeness (QED) is 0.485. The summed E-state index contributed by atoms with van der Waals surface area (Å²) in [5.41, 5.74) is 4.15. The number of nitrogens with zero attached hydrogens (tertiary/aromatic N) is 5. The van der Waals surface area contributed by atoms with Crippen molar-refractivity contribution in [1.29, 1.82) is 0 Å². The minimum atomic E-state index is -1.50. The topological polar surface area (TPSA) is 98.1 Å². The largest absolute Gasteiger partial charge is 0.367 e. The molecular weight excluding hydrogens is 370 g/mol. The number of hydrogen-bond acceptors (Lipinski definition) is 5. The molecule has 0 saturated heterocycles. The van der Waals surface area contributed by atoms with E-state index in [-0.39, 0.29) is 12.1 Å². The number of aliphatic hydroxyl groups excluding tert-OH is 1. The maximum absolute atomic E-state index is 12.3. The summed E-state index contributed by atoms with van der Waals surface area (Å²) < 4.78 is 4.81. The summed E-state index contributed by atoms with van der Waals surface area (Å²) in [6.45, 7) is 0.601. The SMILES string of the molecule is Cn1cc(-c2cnn(Cc3ccccc3)c2)c(-c2cnn(CC(O)O)c2)cc1=O. The number of pyridine rings is 1. The molecule has 0 bridgehead atoms. The Bertz CT molecular complexity index is 1170. The fourth-order valence-corrected chi connectivity index (χ4v) is 3.23. The molecular formula is C21H21N5O3. The van der Waals surface area contributed by atoms with Gasteiger partial charge in [0.25, 0.3) is 5.56 Å². The first-order valence-corrected chi connectivity index (χ1v) is 9.16. The van der Waals surface area contributed by atoms with Gasteiger partial charge in [-0.3, -0.25) is 14.2 Å². The van der Waals surface area contributed by atoms with E-state index in [0.29, 0.717) is 17.7 Å². The first-order valence-electron chi connectivity index (χ1n) is 9.16. The predicted molar refractivity (Wildman–Crippen MR) is 108 cm³/mol. The second-order valence-electron chi connectivity index (χ2n) is 6.89. The summed E-state index contributed by atoms with van der Waals surface area (Å²) in [5.74, 6) is 0. The Morgan fingerprint density at radius 3 is 2.31 bits per heavy atom. The third-order valence-electron chi connectivity index (χ3n) is 4.65. The third kappa shape index (κ3) is 4.18. The lowest BCUT2D eigenvalue weighted by Gasteiger charge is -2.08. The van der Waals surface area contributed by atoms with Crippen molar-refractivity contribution in [2.75, 3.05) is 0 Å². The monoisotopic (exact) mass is 391 g/mol. The summed E-state index contributed by atoms with van der Waals surface area (Å²) in [5, 5.41) is 26.9. The van der Waals surface area contributed by atoms with Gasteiger partial charge in [-0.1, -0.05) is 30.3 Å². The molecule has 0 saturated carbocycles. The normalized spacial score (nSPS) is 11.3. The Balaban J connectivity index is 1.71. The highest BCUT2D eigenvalue weighted by Crippen LogP contribution is 2.30. The summed E-state index contributed by atoms with van der Waals surface area (Å²) in [4.78, 5) is 12.3. The highest BCUT2D eigenvalue weighted by Gasteiger charge is 2.14. The van der Waals surface area contributed by atoms with Gasteiger partial charge in [0.15, 0.2) is 6.29 Å². The first-order chi connectivity index (χ1) is 14.0. The van der Waals surface area contributed by atoms with Crippen LogP contribution in [0.4, 0.5) is 0 Å². The maximum Gasteiger partial charge on any atom is 0.250 e. The Hall–Kier alpha value is -3.49. The molecule has 4 rings (SSSR count). The van der Waals surface area contributed by atoms with Gasteiger partial charge in [0.1, 0.15) is 0 Å².